The first-order chi connectivity index (χ1) is 9.59. The Balaban J connectivity index is 2.70. The maximum Gasteiger partial charge on any atom is 0.416 e. The average molecular weight is 305 g/mol. The van der Waals surface area contributed by atoms with Crippen molar-refractivity contribution in [2.24, 2.45) is 0 Å². The fourth-order valence-electron chi connectivity index (χ4n) is 1.88. The van der Waals surface area contributed by atoms with Gasteiger partial charge in [0, 0.05) is 18.0 Å². The van der Waals surface area contributed by atoms with E-state index in [9.17, 15) is 26.3 Å². The van der Waals surface area contributed by atoms with Gasteiger partial charge in [-0.2, -0.15) is 26.3 Å². The van der Waals surface area contributed by atoms with Crippen LogP contribution in [0.25, 0.3) is 11.1 Å². The molecule has 0 atom stereocenters. The summed E-state index contributed by atoms with van der Waals surface area (Å²) in [7, 11) is 0. The molecule has 1 aromatic carbocycles. The van der Waals surface area contributed by atoms with Gasteiger partial charge in [-0.25, -0.2) is 0 Å². The van der Waals surface area contributed by atoms with Crippen molar-refractivity contribution < 1.29 is 26.3 Å². The van der Waals surface area contributed by atoms with Gasteiger partial charge in [-0.3, -0.25) is 4.98 Å². The summed E-state index contributed by atoms with van der Waals surface area (Å²) in [4.78, 5) is 3.74. The lowest BCUT2D eigenvalue weighted by molar-refractivity contribution is -0.143. The summed E-state index contributed by atoms with van der Waals surface area (Å²) in [5, 5.41) is 0. The minimum atomic E-state index is -4.86. The van der Waals surface area contributed by atoms with Crippen LogP contribution in [-0.2, 0) is 12.4 Å². The molecule has 21 heavy (non-hydrogen) atoms. The Kier molecular flexibility index (Phi) is 3.69. The largest absolute Gasteiger partial charge is 0.416 e. The molecule has 0 aliphatic carbocycles. The molecular weight excluding hydrogens is 296 g/mol. The molecular formula is C14H9F6N. The van der Waals surface area contributed by atoms with E-state index in [2.05, 4.69) is 4.98 Å². The summed E-state index contributed by atoms with van der Waals surface area (Å²) in [5.41, 5.74) is -2.07. The van der Waals surface area contributed by atoms with Crippen LogP contribution in [0.1, 0.15) is 16.7 Å². The molecule has 0 N–H and O–H groups in total. The molecule has 1 heterocycles. The number of alkyl halides is 6. The van der Waals surface area contributed by atoms with Crippen molar-refractivity contribution in [3.8, 4) is 11.1 Å². The van der Waals surface area contributed by atoms with Crippen LogP contribution < -0.4 is 0 Å². The molecule has 7 heteroatoms. The highest BCUT2D eigenvalue weighted by Gasteiger charge is 2.37. The van der Waals surface area contributed by atoms with Crippen LogP contribution in [0, 0.1) is 6.92 Å². The highest BCUT2D eigenvalue weighted by Crippen LogP contribution is 2.38. The minimum absolute atomic E-state index is 0.106. The normalized spacial score (nSPS) is 12.5. The van der Waals surface area contributed by atoms with Crippen molar-refractivity contribution in [1.29, 1.82) is 0 Å². The third kappa shape index (κ3) is 3.34. The van der Waals surface area contributed by atoms with E-state index in [1.807, 2.05) is 0 Å². The van der Waals surface area contributed by atoms with Gasteiger partial charge in [-0.05, 0) is 42.3 Å². The van der Waals surface area contributed by atoms with Gasteiger partial charge in [0.05, 0.1) is 11.1 Å². The lowest BCUT2D eigenvalue weighted by Gasteiger charge is -2.15. The first-order valence-electron chi connectivity index (χ1n) is 5.79. The zero-order valence-electron chi connectivity index (χ0n) is 10.7. The number of aromatic nitrogens is 1. The molecule has 0 unspecified atom stereocenters. The Labute approximate surface area is 116 Å². The van der Waals surface area contributed by atoms with Crippen LogP contribution in [0.15, 0.2) is 36.7 Å². The van der Waals surface area contributed by atoms with Crippen LogP contribution in [0.3, 0.4) is 0 Å². The second-order valence-electron chi connectivity index (χ2n) is 4.49. The molecule has 0 saturated carbocycles. The average Bonchev–Trinajstić information content (AvgIpc) is 2.36. The van der Waals surface area contributed by atoms with Gasteiger partial charge in [0.2, 0.25) is 0 Å². The van der Waals surface area contributed by atoms with Gasteiger partial charge in [0.25, 0.3) is 0 Å². The summed E-state index contributed by atoms with van der Waals surface area (Å²) in [5.74, 6) is 0. The monoisotopic (exact) mass is 305 g/mol. The molecule has 0 amide bonds. The Bertz CT molecular complexity index is 625. The van der Waals surface area contributed by atoms with E-state index in [1.54, 1.807) is 6.92 Å². The van der Waals surface area contributed by atoms with Crippen molar-refractivity contribution in [1.82, 2.24) is 4.98 Å². The number of pyridine rings is 1. The molecule has 1 nitrogen and oxygen atoms in total. The van der Waals surface area contributed by atoms with Crippen LogP contribution in [0.5, 0.6) is 0 Å². The molecule has 0 radical (unpaired) electrons. The number of benzene rings is 1. The van der Waals surface area contributed by atoms with E-state index in [4.69, 9.17) is 0 Å². The third-order valence-corrected chi connectivity index (χ3v) is 2.94. The summed E-state index contributed by atoms with van der Waals surface area (Å²) >= 11 is 0. The molecule has 0 fully saturated rings. The predicted molar refractivity (Wildman–Crippen MR) is 64.4 cm³/mol. The summed E-state index contributed by atoms with van der Waals surface area (Å²) < 4.78 is 76.6. The number of hydrogen-bond donors (Lipinski definition) is 0. The zero-order valence-corrected chi connectivity index (χ0v) is 10.7. The van der Waals surface area contributed by atoms with E-state index in [1.165, 1.54) is 18.5 Å². The van der Waals surface area contributed by atoms with Crippen LogP contribution in [-0.4, -0.2) is 4.98 Å². The van der Waals surface area contributed by atoms with Crippen LogP contribution in [0.2, 0.25) is 0 Å². The van der Waals surface area contributed by atoms with Crippen molar-refractivity contribution in [3.63, 3.8) is 0 Å². The maximum atomic E-state index is 12.8. The standard InChI is InChI=1S/C14H9F6N/c1-8-2-3-21-7-12(8)9-4-10(13(15,16)17)6-11(5-9)14(18,19)20/h2-7H,1H3. The Hall–Kier alpha value is -2.05. The third-order valence-electron chi connectivity index (χ3n) is 2.94. The van der Waals surface area contributed by atoms with Crippen molar-refractivity contribution in [2.75, 3.05) is 0 Å². The second kappa shape index (κ2) is 5.05. The molecule has 2 aromatic rings. The summed E-state index contributed by atoms with van der Waals surface area (Å²) in [6.07, 6.45) is -7.06. The van der Waals surface area contributed by atoms with E-state index in [0.717, 1.165) is 0 Å². The predicted octanol–water partition coefficient (Wildman–Crippen LogP) is 5.09. The SMILES string of the molecule is Cc1ccncc1-c1cc(C(F)(F)F)cc(C(F)(F)F)c1. The zero-order chi connectivity index (χ0) is 15.8. The second-order valence-corrected chi connectivity index (χ2v) is 4.49. The summed E-state index contributed by atoms with van der Waals surface area (Å²) in [6, 6.07) is 3.01. The van der Waals surface area contributed by atoms with Gasteiger partial charge < -0.3 is 0 Å². The van der Waals surface area contributed by atoms with E-state index >= 15 is 0 Å². The van der Waals surface area contributed by atoms with Gasteiger partial charge in [-0.1, -0.05) is 0 Å². The molecule has 2 rings (SSSR count). The summed E-state index contributed by atoms with van der Waals surface area (Å²) in [6.45, 7) is 1.59. The first-order valence-corrected chi connectivity index (χ1v) is 5.79. The lowest BCUT2D eigenvalue weighted by Crippen LogP contribution is -2.11. The highest BCUT2D eigenvalue weighted by atomic mass is 19.4. The quantitative estimate of drug-likeness (QED) is 0.668. The van der Waals surface area contributed by atoms with Crippen LogP contribution >= 0.6 is 0 Å². The number of rotatable bonds is 1. The van der Waals surface area contributed by atoms with Gasteiger partial charge >= 0.3 is 12.4 Å². The Morgan fingerprint density at radius 1 is 0.857 bits per heavy atom. The van der Waals surface area contributed by atoms with Crippen molar-refractivity contribution in [2.45, 2.75) is 19.3 Å². The fourth-order valence-corrected chi connectivity index (χ4v) is 1.88. The number of aryl methyl sites for hydroxylation is 1. The number of halogens is 6. The maximum absolute atomic E-state index is 12.8. The van der Waals surface area contributed by atoms with E-state index < -0.39 is 23.5 Å². The van der Waals surface area contributed by atoms with Gasteiger partial charge in [0.15, 0.2) is 0 Å². The number of hydrogen-bond acceptors (Lipinski definition) is 1. The fraction of sp³-hybridized carbons (Fsp3) is 0.214. The van der Waals surface area contributed by atoms with Crippen molar-refractivity contribution >= 4 is 0 Å². The van der Waals surface area contributed by atoms with E-state index in [0.29, 0.717) is 17.7 Å². The first kappa shape index (κ1) is 15.3. The topological polar surface area (TPSA) is 12.9 Å². The molecule has 0 aliphatic heterocycles. The van der Waals surface area contributed by atoms with Crippen LogP contribution in [0.4, 0.5) is 26.3 Å². The molecule has 1 aromatic heterocycles. The Morgan fingerprint density at radius 3 is 1.81 bits per heavy atom. The molecule has 0 saturated heterocycles. The minimum Gasteiger partial charge on any atom is -0.264 e. The lowest BCUT2D eigenvalue weighted by atomic mass is 9.97. The highest BCUT2D eigenvalue weighted by molar-refractivity contribution is 5.68. The van der Waals surface area contributed by atoms with Gasteiger partial charge in [-0.15, -0.1) is 0 Å². The van der Waals surface area contributed by atoms with Gasteiger partial charge in [0.1, 0.15) is 0 Å². The Morgan fingerprint density at radius 2 is 1.38 bits per heavy atom. The smallest absolute Gasteiger partial charge is 0.264 e. The van der Waals surface area contributed by atoms with E-state index in [-0.39, 0.29) is 17.2 Å². The molecule has 0 spiro atoms. The van der Waals surface area contributed by atoms with Crippen molar-refractivity contribution in [3.05, 3.63) is 53.3 Å². The molecule has 112 valence electrons. The molecule has 0 bridgehead atoms. The molecule has 0 aliphatic rings. The number of nitrogens with zero attached hydrogens (tertiary/aromatic N) is 1.